The van der Waals surface area contributed by atoms with E-state index in [1.54, 1.807) is 0 Å². The summed E-state index contributed by atoms with van der Waals surface area (Å²) in [5.74, 6) is 0.826. The number of anilines is 1. The normalized spacial score (nSPS) is 20.9. The van der Waals surface area contributed by atoms with E-state index in [4.69, 9.17) is 15.2 Å². The number of ether oxygens (including phenoxy) is 2. The molecule has 3 heteroatoms. The molecule has 0 aromatic heterocycles. The van der Waals surface area contributed by atoms with Crippen molar-refractivity contribution >= 4 is 5.69 Å². The smallest absolute Gasteiger partial charge is 0.143 e. The number of hydrogen-bond acceptors (Lipinski definition) is 3. The maximum absolute atomic E-state index is 5.77. The van der Waals surface area contributed by atoms with Gasteiger partial charge in [0.05, 0.1) is 13.2 Å². The Kier molecular flexibility index (Phi) is 2.92. The molecule has 3 nitrogen and oxygen atoms in total. The summed E-state index contributed by atoms with van der Waals surface area (Å²) in [6.07, 6.45) is 2.08. The topological polar surface area (TPSA) is 44.5 Å². The Morgan fingerprint density at radius 3 is 2.73 bits per heavy atom. The standard InChI is InChI=1S/C12H15NO2/c1-9-6-7-14-8-12(9)15-11-4-2-10(13)3-5-11/h2-6,12H,7-8,13H2,1H3. The fraction of sp³-hybridized carbons (Fsp3) is 0.333. The first-order chi connectivity index (χ1) is 7.25. The molecule has 1 aliphatic rings. The molecule has 2 N–H and O–H groups in total. The summed E-state index contributed by atoms with van der Waals surface area (Å²) >= 11 is 0. The molecule has 15 heavy (non-hydrogen) atoms. The highest BCUT2D eigenvalue weighted by molar-refractivity contribution is 5.41. The minimum atomic E-state index is 0.0300. The van der Waals surface area contributed by atoms with Gasteiger partial charge < -0.3 is 15.2 Å². The Hall–Kier alpha value is -1.48. The second kappa shape index (κ2) is 4.36. The van der Waals surface area contributed by atoms with Gasteiger partial charge in [0.25, 0.3) is 0 Å². The van der Waals surface area contributed by atoms with Gasteiger partial charge in [0.15, 0.2) is 0 Å². The number of benzene rings is 1. The summed E-state index contributed by atoms with van der Waals surface area (Å²) in [6.45, 7) is 3.37. The Bertz CT molecular complexity index is 356. The van der Waals surface area contributed by atoms with Crippen LogP contribution in [0.2, 0.25) is 0 Å². The summed E-state index contributed by atoms with van der Waals surface area (Å²) < 4.78 is 11.1. The van der Waals surface area contributed by atoms with Crippen LogP contribution in [0.15, 0.2) is 35.9 Å². The molecule has 2 rings (SSSR count). The molecule has 1 aromatic rings. The quantitative estimate of drug-likeness (QED) is 0.593. The van der Waals surface area contributed by atoms with Gasteiger partial charge in [-0.05, 0) is 36.8 Å². The van der Waals surface area contributed by atoms with E-state index >= 15 is 0 Å². The van der Waals surface area contributed by atoms with Gasteiger partial charge in [-0.1, -0.05) is 6.08 Å². The van der Waals surface area contributed by atoms with Crippen molar-refractivity contribution in [3.8, 4) is 5.75 Å². The van der Waals surface area contributed by atoms with Crippen LogP contribution < -0.4 is 10.5 Å². The van der Waals surface area contributed by atoms with Crippen LogP contribution in [0.1, 0.15) is 6.92 Å². The van der Waals surface area contributed by atoms with Gasteiger partial charge in [0, 0.05) is 5.69 Å². The zero-order valence-corrected chi connectivity index (χ0v) is 8.77. The summed E-state index contributed by atoms with van der Waals surface area (Å²) in [5, 5.41) is 0. The summed E-state index contributed by atoms with van der Waals surface area (Å²) in [6, 6.07) is 7.41. The molecule has 0 bridgehead atoms. The molecule has 1 heterocycles. The Morgan fingerprint density at radius 2 is 2.07 bits per heavy atom. The van der Waals surface area contributed by atoms with E-state index in [9.17, 15) is 0 Å². The van der Waals surface area contributed by atoms with Crippen LogP contribution in [0.4, 0.5) is 5.69 Å². The van der Waals surface area contributed by atoms with Gasteiger partial charge in [0.2, 0.25) is 0 Å². The van der Waals surface area contributed by atoms with Crippen LogP contribution in [0, 0.1) is 0 Å². The lowest BCUT2D eigenvalue weighted by Gasteiger charge is -2.23. The molecule has 1 atom stereocenters. The molecule has 1 unspecified atom stereocenters. The maximum Gasteiger partial charge on any atom is 0.143 e. The minimum Gasteiger partial charge on any atom is -0.484 e. The monoisotopic (exact) mass is 205 g/mol. The lowest BCUT2D eigenvalue weighted by molar-refractivity contribution is 0.0681. The molecule has 0 fully saturated rings. The highest BCUT2D eigenvalue weighted by atomic mass is 16.5. The van der Waals surface area contributed by atoms with Crippen molar-refractivity contribution in [1.29, 1.82) is 0 Å². The number of nitrogens with two attached hydrogens (primary N) is 1. The van der Waals surface area contributed by atoms with Crippen molar-refractivity contribution in [1.82, 2.24) is 0 Å². The van der Waals surface area contributed by atoms with Gasteiger partial charge in [0.1, 0.15) is 11.9 Å². The van der Waals surface area contributed by atoms with Crippen molar-refractivity contribution in [2.24, 2.45) is 0 Å². The van der Waals surface area contributed by atoms with E-state index < -0.39 is 0 Å². The average molecular weight is 205 g/mol. The molecule has 0 aliphatic carbocycles. The molecule has 0 amide bonds. The van der Waals surface area contributed by atoms with Crippen molar-refractivity contribution in [3.05, 3.63) is 35.9 Å². The predicted octanol–water partition coefficient (Wildman–Crippen LogP) is 1.99. The molecule has 0 radical (unpaired) electrons. The van der Waals surface area contributed by atoms with Gasteiger partial charge in [-0.25, -0.2) is 0 Å². The van der Waals surface area contributed by atoms with Crippen LogP contribution in [-0.2, 0) is 4.74 Å². The van der Waals surface area contributed by atoms with Crippen LogP contribution in [-0.4, -0.2) is 19.3 Å². The zero-order chi connectivity index (χ0) is 10.7. The molecular weight excluding hydrogens is 190 g/mol. The number of rotatable bonds is 2. The third-order valence-corrected chi connectivity index (χ3v) is 2.46. The SMILES string of the molecule is CC1=CCOCC1Oc1ccc(N)cc1. The van der Waals surface area contributed by atoms with Gasteiger partial charge in [-0.2, -0.15) is 0 Å². The second-order valence-electron chi connectivity index (χ2n) is 3.66. The largest absolute Gasteiger partial charge is 0.484 e. The van der Waals surface area contributed by atoms with Crippen molar-refractivity contribution in [2.45, 2.75) is 13.0 Å². The lowest BCUT2D eigenvalue weighted by Crippen LogP contribution is -2.28. The molecular formula is C12H15NO2. The van der Waals surface area contributed by atoms with Crippen molar-refractivity contribution in [2.75, 3.05) is 18.9 Å². The van der Waals surface area contributed by atoms with E-state index in [2.05, 4.69) is 6.92 Å². The zero-order valence-electron chi connectivity index (χ0n) is 8.77. The van der Waals surface area contributed by atoms with E-state index in [0.717, 1.165) is 11.4 Å². The predicted molar refractivity (Wildman–Crippen MR) is 59.8 cm³/mol. The second-order valence-corrected chi connectivity index (χ2v) is 3.66. The summed E-state index contributed by atoms with van der Waals surface area (Å²) in [5.41, 5.74) is 7.56. The summed E-state index contributed by atoms with van der Waals surface area (Å²) in [7, 11) is 0. The van der Waals surface area contributed by atoms with Crippen LogP contribution in [0.25, 0.3) is 0 Å². The molecule has 80 valence electrons. The number of nitrogen functional groups attached to an aromatic ring is 1. The van der Waals surface area contributed by atoms with E-state index in [1.165, 1.54) is 5.57 Å². The fourth-order valence-electron chi connectivity index (χ4n) is 1.47. The van der Waals surface area contributed by atoms with Gasteiger partial charge in [-0.3, -0.25) is 0 Å². The molecule has 0 spiro atoms. The van der Waals surface area contributed by atoms with Crippen molar-refractivity contribution < 1.29 is 9.47 Å². The Morgan fingerprint density at radius 1 is 1.33 bits per heavy atom. The van der Waals surface area contributed by atoms with Crippen molar-refractivity contribution in [3.63, 3.8) is 0 Å². The molecule has 1 aliphatic heterocycles. The van der Waals surface area contributed by atoms with Crippen LogP contribution >= 0.6 is 0 Å². The minimum absolute atomic E-state index is 0.0300. The van der Waals surface area contributed by atoms with Gasteiger partial charge >= 0.3 is 0 Å². The molecule has 0 saturated heterocycles. The summed E-state index contributed by atoms with van der Waals surface area (Å²) in [4.78, 5) is 0. The van der Waals surface area contributed by atoms with E-state index in [0.29, 0.717) is 13.2 Å². The first-order valence-corrected chi connectivity index (χ1v) is 5.02. The lowest BCUT2D eigenvalue weighted by atomic mass is 10.1. The van der Waals surface area contributed by atoms with E-state index in [1.807, 2.05) is 30.3 Å². The third-order valence-electron chi connectivity index (χ3n) is 2.46. The van der Waals surface area contributed by atoms with Crippen LogP contribution in [0.3, 0.4) is 0 Å². The highest BCUT2D eigenvalue weighted by Gasteiger charge is 2.16. The van der Waals surface area contributed by atoms with Crippen LogP contribution in [0.5, 0.6) is 5.75 Å². The first-order valence-electron chi connectivity index (χ1n) is 5.02. The Balaban J connectivity index is 2.05. The Labute approximate surface area is 89.5 Å². The van der Waals surface area contributed by atoms with E-state index in [-0.39, 0.29) is 6.10 Å². The van der Waals surface area contributed by atoms with Gasteiger partial charge in [-0.15, -0.1) is 0 Å². The molecule has 0 saturated carbocycles. The average Bonchev–Trinajstić information content (AvgIpc) is 2.25. The highest BCUT2D eigenvalue weighted by Crippen LogP contribution is 2.19. The maximum atomic E-state index is 5.77. The molecule has 1 aromatic carbocycles. The fourth-order valence-corrected chi connectivity index (χ4v) is 1.47. The third kappa shape index (κ3) is 2.50. The number of hydrogen-bond donors (Lipinski definition) is 1. The first kappa shape index (κ1) is 10.1.